The highest BCUT2D eigenvalue weighted by molar-refractivity contribution is 5.93. The van der Waals surface area contributed by atoms with Gasteiger partial charge in [0.25, 0.3) is 5.95 Å². The van der Waals surface area contributed by atoms with Crippen LogP contribution >= 0.6 is 0 Å². The van der Waals surface area contributed by atoms with Crippen LogP contribution in [0.4, 0.5) is 5.69 Å². The Morgan fingerprint density at radius 1 is 1.22 bits per heavy atom. The van der Waals surface area contributed by atoms with Crippen molar-refractivity contribution in [3.63, 3.8) is 0 Å². The largest absolute Gasteiger partial charge is 0.323 e. The van der Waals surface area contributed by atoms with Gasteiger partial charge in [0, 0.05) is 24.5 Å². The molecule has 2 heterocycles. The van der Waals surface area contributed by atoms with E-state index in [2.05, 4.69) is 20.4 Å². The minimum Gasteiger partial charge on any atom is -0.323 e. The smallest absolute Gasteiger partial charge is 0.250 e. The van der Waals surface area contributed by atoms with E-state index in [1.54, 1.807) is 17.1 Å². The highest BCUT2D eigenvalue weighted by Gasteiger charge is 2.24. The zero-order chi connectivity index (χ0) is 16.4. The lowest BCUT2D eigenvalue weighted by molar-refractivity contribution is -0.125. The number of nitrogens with zero attached hydrogens (tertiary/aromatic N) is 4. The lowest BCUT2D eigenvalue weighted by Gasteiger charge is -2.19. The van der Waals surface area contributed by atoms with Crippen molar-refractivity contribution >= 4 is 17.4 Å². The van der Waals surface area contributed by atoms with Gasteiger partial charge in [-0.2, -0.15) is 5.10 Å². The molecule has 0 radical (unpaired) electrons. The predicted octanol–water partition coefficient (Wildman–Crippen LogP) is 1.98. The molecule has 1 N–H and O–H groups in total. The normalized spacial score (nSPS) is 15.7. The monoisotopic (exact) mass is 313 g/mol. The van der Waals surface area contributed by atoms with Crippen LogP contribution in [0.2, 0.25) is 0 Å². The first-order valence-corrected chi connectivity index (χ1v) is 7.71. The van der Waals surface area contributed by atoms with Crippen LogP contribution in [0.3, 0.4) is 0 Å². The Morgan fingerprint density at radius 3 is 2.43 bits per heavy atom. The average molecular weight is 313 g/mol. The summed E-state index contributed by atoms with van der Waals surface area (Å²) in [6.07, 6.45) is 5.37. The van der Waals surface area contributed by atoms with Gasteiger partial charge in [0.1, 0.15) is 5.78 Å². The molecule has 0 saturated heterocycles. The van der Waals surface area contributed by atoms with Crippen molar-refractivity contribution in [2.45, 2.75) is 39.5 Å². The third kappa shape index (κ3) is 3.44. The zero-order valence-electron chi connectivity index (χ0n) is 13.2. The Bertz CT molecular complexity index is 725. The van der Waals surface area contributed by atoms with E-state index in [1.165, 1.54) is 0 Å². The Labute approximate surface area is 134 Å². The molecule has 1 aliphatic carbocycles. The minimum atomic E-state index is -0.108. The molecule has 0 atom stereocenters. The molecular formula is C16H19N5O2. The lowest BCUT2D eigenvalue weighted by atomic mass is 9.88. The molecule has 0 unspecified atom stereocenters. The van der Waals surface area contributed by atoms with Gasteiger partial charge in [-0.3, -0.25) is 9.59 Å². The topological polar surface area (TPSA) is 89.8 Å². The molecule has 0 aromatic carbocycles. The number of carbonyl (C=O) groups is 2. The number of Topliss-reactive ketones (excluding diaryl/α,β-unsaturated/α-hetero) is 1. The first kappa shape index (κ1) is 15.3. The molecule has 1 aliphatic rings. The molecule has 0 aliphatic heterocycles. The van der Waals surface area contributed by atoms with Gasteiger partial charge in [-0.15, -0.1) is 0 Å². The number of carbonyl (C=O) groups excluding carboxylic acids is 2. The van der Waals surface area contributed by atoms with E-state index in [1.807, 2.05) is 19.9 Å². The van der Waals surface area contributed by atoms with Gasteiger partial charge in [-0.05, 0) is 32.8 Å². The number of rotatable bonds is 3. The van der Waals surface area contributed by atoms with Crippen LogP contribution in [0.25, 0.3) is 5.95 Å². The number of amides is 1. The number of hydrogen-bond acceptors (Lipinski definition) is 5. The van der Waals surface area contributed by atoms with E-state index in [4.69, 9.17) is 0 Å². The van der Waals surface area contributed by atoms with Crippen LogP contribution in [0.5, 0.6) is 0 Å². The molecule has 3 rings (SSSR count). The number of ketones is 1. The molecule has 2 aromatic rings. The Hall–Kier alpha value is -2.57. The van der Waals surface area contributed by atoms with Crippen LogP contribution in [0, 0.1) is 19.8 Å². The molecule has 0 spiro atoms. The summed E-state index contributed by atoms with van der Waals surface area (Å²) in [5.41, 5.74) is 2.40. The average Bonchev–Trinajstić information content (AvgIpc) is 2.87. The van der Waals surface area contributed by atoms with Gasteiger partial charge >= 0.3 is 0 Å². The van der Waals surface area contributed by atoms with Crippen LogP contribution in [-0.4, -0.2) is 31.4 Å². The van der Waals surface area contributed by atoms with E-state index >= 15 is 0 Å². The van der Waals surface area contributed by atoms with E-state index < -0.39 is 0 Å². The molecule has 7 heteroatoms. The Kier molecular flexibility index (Phi) is 4.18. The summed E-state index contributed by atoms with van der Waals surface area (Å²) in [6.45, 7) is 3.84. The highest BCUT2D eigenvalue weighted by Crippen LogP contribution is 2.23. The van der Waals surface area contributed by atoms with Crippen LogP contribution in [0.1, 0.15) is 37.1 Å². The summed E-state index contributed by atoms with van der Waals surface area (Å²) < 4.78 is 1.66. The zero-order valence-corrected chi connectivity index (χ0v) is 13.2. The number of anilines is 1. The van der Waals surface area contributed by atoms with E-state index in [0.717, 1.165) is 11.4 Å². The summed E-state index contributed by atoms with van der Waals surface area (Å²) in [7, 11) is 0. The number of hydrogen-bond donors (Lipinski definition) is 1. The predicted molar refractivity (Wildman–Crippen MR) is 84.2 cm³/mol. The molecule has 2 aromatic heterocycles. The molecule has 1 saturated carbocycles. The van der Waals surface area contributed by atoms with Crippen molar-refractivity contribution in [3.8, 4) is 5.95 Å². The number of aromatic nitrogens is 4. The van der Waals surface area contributed by atoms with Gasteiger partial charge in [0.15, 0.2) is 0 Å². The van der Waals surface area contributed by atoms with Gasteiger partial charge in [0.2, 0.25) is 5.91 Å². The molecule has 23 heavy (non-hydrogen) atoms. The summed E-state index contributed by atoms with van der Waals surface area (Å²) in [6, 6.07) is 1.95. The molecule has 1 amide bonds. The summed E-state index contributed by atoms with van der Waals surface area (Å²) in [4.78, 5) is 31.9. The fourth-order valence-electron chi connectivity index (χ4n) is 2.77. The van der Waals surface area contributed by atoms with Crippen molar-refractivity contribution in [1.82, 2.24) is 19.7 Å². The summed E-state index contributed by atoms with van der Waals surface area (Å²) >= 11 is 0. The third-order valence-electron chi connectivity index (χ3n) is 4.02. The second-order valence-electron chi connectivity index (χ2n) is 5.91. The van der Waals surface area contributed by atoms with Crippen molar-refractivity contribution in [1.29, 1.82) is 0 Å². The van der Waals surface area contributed by atoms with E-state index in [9.17, 15) is 9.59 Å². The molecule has 120 valence electrons. The molecule has 1 fully saturated rings. The van der Waals surface area contributed by atoms with Gasteiger partial charge in [-0.25, -0.2) is 14.6 Å². The van der Waals surface area contributed by atoms with Gasteiger partial charge in [0.05, 0.1) is 23.8 Å². The fraction of sp³-hybridized carbons (Fsp3) is 0.438. The lowest BCUT2D eigenvalue weighted by Crippen LogP contribution is -2.27. The van der Waals surface area contributed by atoms with Crippen LogP contribution in [-0.2, 0) is 9.59 Å². The SMILES string of the molecule is Cc1cc(C)n(-c2ncc(NC(=O)C3CCC(=O)CC3)cn2)n1. The maximum absolute atomic E-state index is 12.2. The second kappa shape index (κ2) is 6.28. The van der Waals surface area contributed by atoms with E-state index in [-0.39, 0.29) is 17.6 Å². The quantitative estimate of drug-likeness (QED) is 0.935. The van der Waals surface area contributed by atoms with Gasteiger partial charge in [-0.1, -0.05) is 0 Å². The van der Waals surface area contributed by atoms with Crippen LogP contribution in [0.15, 0.2) is 18.5 Å². The van der Waals surface area contributed by atoms with E-state index in [0.29, 0.717) is 37.3 Å². The number of nitrogens with one attached hydrogen (secondary N) is 1. The minimum absolute atomic E-state index is 0.0695. The maximum atomic E-state index is 12.2. The third-order valence-corrected chi connectivity index (χ3v) is 4.02. The van der Waals surface area contributed by atoms with Crippen molar-refractivity contribution in [3.05, 3.63) is 29.8 Å². The van der Waals surface area contributed by atoms with Gasteiger partial charge < -0.3 is 5.32 Å². The second-order valence-corrected chi connectivity index (χ2v) is 5.91. The summed E-state index contributed by atoms with van der Waals surface area (Å²) in [5, 5.41) is 7.14. The molecular weight excluding hydrogens is 294 g/mol. The Morgan fingerprint density at radius 2 is 1.87 bits per heavy atom. The first-order valence-electron chi connectivity index (χ1n) is 7.71. The maximum Gasteiger partial charge on any atom is 0.250 e. The Balaban J connectivity index is 1.67. The standard InChI is InChI=1S/C16H19N5O2/c1-10-7-11(2)21(20-10)16-17-8-13(9-18-16)19-15(23)12-3-5-14(22)6-4-12/h7-9,12H,3-6H2,1-2H3,(H,19,23). The fourth-order valence-corrected chi connectivity index (χ4v) is 2.77. The highest BCUT2D eigenvalue weighted by atomic mass is 16.2. The number of aryl methyl sites for hydroxylation is 2. The van der Waals surface area contributed by atoms with Crippen molar-refractivity contribution in [2.75, 3.05) is 5.32 Å². The molecule has 7 nitrogen and oxygen atoms in total. The molecule has 0 bridgehead atoms. The van der Waals surface area contributed by atoms with Crippen LogP contribution < -0.4 is 5.32 Å². The van der Waals surface area contributed by atoms with Crippen molar-refractivity contribution < 1.29 is 9.59 Å². The van der Waals surface area contributed by atoms with Crippen molar-refractivity contribution in [2.24, 2.45) is 5.92 Å². The summed E-state index contributed by atoms with van der Waals surface area (Å²) in [5.74, 6) is 0.534. The first-order chi connectivity index (χ1) is 11.0.